The van der Waals surface area contributed by atoms with E-state index in [2.05, 4.69) is 15.3 Å². The number of likely N-dealkylation sites (tertiary alicyclic amines) is 1. The maximum atomic E-state index is 13.2. The van der Waals surface area contributed by atoms with E-state index in [4.69, 9.17) is 11.5 Å². The summed E-state index contributed by atoms with van der Waals surface area (Å²) in [7, 11) is 0. The molecule has 2 amide bonds. The number of fused-ring (bicyclic) bond motifs is 1. The first-order valence-electron chi connectivity index (χ1n) is 10.0. The number of amides is 2. The van der Waals surface area contributed by atoms with Crippen LogP contribution in [0.5, 0.6) is 0 Å². The molecule has 0 bridgehead atoms. The van der Waals surface area contributed by atoms with Crippen LogP contribution in [0.3, 0.4) is 0 Å². The molecule has 1 aromatic carbocycles. The number of β-amino-alcohol motifs (C(OH)–C–C–N with tert-alkyl or cyclic N) is 1. The summed E-state index contributed by atoms with van der Waals surface area (Å²) < 4.78 is 0.879. The van der Waals surface area contributed by atoms with Gasteiger partial charge in [-0.25, -0.2) is 4.98 Å². The number of carbonyl (C=O) groups is 3. The fourth-order valence-electron chi connectivity index (χ4n) is 3.61. The molecule has 7 N–H and O–H groups in total. The Balaban J connectivity index is 0.00000363. The van der Waals surface area contributed by atoms with Gasteiger partial charge >= 0.3 is 5.96 Å². The average Bonchev–Trinajstić information content (AvgIpc) is 3.33. The molecule has 12 heteroatoms. The van der Waals surface area contributed by atoms with Crippen molar-refractivity contribution in [1.82, 2.24) is 15.2 Å². The summed E-state index contributed by atoms with van der Waals surface area (Å²) in [5, 5.41) is 13.0. The Labute approximate surface area is 195 Å². The third kappa shape index (κ3) is 6.15. The summed E-state index contributed by atoms with van der Waals surface area (Å²) in [4.78, 5) is 46.5. The van der Waals surface area contributed by atoms with Gasteiger partial charge < -0.3 is 27.7 Å². The van der Waals surface area contributed by atoms with Crippen molar-refractivity contribution in [1.29, 1.82) is 0 Å². The normalized spacial score (nSPS) is 18.6. The molecule has 0 unspecified atom stereocenters. The maximum absolute atomic E-state index is 13.2. The van der Waals surface area contributed by atoms with Crippen LogP contribution in [0.4, 0.5) is 0 Å². The lowest BCUT2D eigenvalue weighted by atomic mass is 10.1. The quantitative estimate of drug-likeness (QED) is 0.109. The standard InChI is InChI=1S/C20H26N6O4S.ClH/c1-11(27)26-10-12(28)9-15(26)18(30)24-14(6-4-8-23-20(21)22)17(29)19-25-13-5-2-3-7-16(13)31-19;/h2-3,5,7,12,14-15,28H,4,6,8-10H2,1H3,(H,24,30)(H4,21,22,23);1H/t12-,14-,15+;/m1./s1. The number of nitrogens with zero attached hydrogens (tertiary/aromatic N) is 2. The molecule has 1 fully saturated rings. The van der Waals surface area contributed by atoms with Gasteiger partial charge in [0.15, 0.2) is 5.01 Å². The van der Waals surface area contributed by atoms with Crippen LogP contribution in [0.2, 0.25) is 0 Å². The number of benzene rings is 1. The molecule has 1 saturated heterocycles. The van der Waals surface area contributed by atoms with Gasteiger partial charge in [0, 0.05) is 19.9 Å². The van der Waals surface area contributed by atoms with Crippen LogP contribution in [-0.2, 0) is 9.59 Å². The van der Waals surface area contributed by atoms with E-state index < -0.39 is 24.1 Å². The van der Waals surface area contributed by atoms with Gasteiger partial charge in [0.25, 0.3) is 0 Å². The SMILES string of the molecule is CC(=O)N1C[C@H](O)C[C@H]1C(=O)N[C@H](CCC[NH+]=C(N)N)C(=O)c1nc2ccccc2s1.[Cl-]. The number of nitrogens with two attached hydrogens (primary N) is 2. The Hall–Kier alpha value is -2.76. The second kappa shape index (κ2) is 11.2. The molecule has 174 valence electrons. The van der Waals surface area contributed by atoms with E-state index in [0.29, 0.717) is 24.4 Å². The maximum Gasteiger partial charge on any atom is 0.338 e. The molecule has 1 aliphatic heterocycles. The number of hydrogen-bond donors (Lipinski definition) is 5. The molecular weight excluding hydrogens is 456 g/mol. The minimum atomic E-state index is -0.833. The zero-order valence-electron chi connectivity index (χ0n) is 17.6. The van der Waals surface area contributed by atoms with Gasteiger partial charge in [0.2, 0.25) is 17.6 Å². The first-order chi connectivity index (χ1) is 14.8. The van der Waals surface area contributed by atoms with Gasteiger partial charge in [0.1, 0.15) is 6.04 Å². The molecule has 1 aromatic heterocycles. The number of para-hydroxylation sites is 1. The lowest BCUT2D eigenvalue weighted by Gasteiger charge is -2.24. The molecule has 2 aromatic rings. The van der Waals surface area contributed by atoms with E-state index in [0.717, 1.165) is 10.2 Å². The third-order valence-corrected chi connectivity index (χ3v) is 6.17. The summed E-state index contributed by atoms with van der Waals surface area (Å²) in [5.41, 5.74) is 11.5. The van der Waals surface area contributed by atoms with E-state index in [1.54, 1.807) is 0 Å². The molecule has 0 aliphatic carbocycles. The molecule has 3 atom stereocenters. The molecule has 1 aliphatic rings. The monoisotopic (exact) mass is 482 g/mol. The predicted octanol–water partition coefficient (Wildman–Crippen LogP) is -4.92. The number of aromatic nitrogens is 1. The van der Waals surface area contributed by atoms with Gasteiger partial charge in [-0.3, -0.25) is 30.8 Å². The minimum Gasteiger partial charge on any atom is -1.00 e. The first-order valence-corrected chi connectivity index (χ1v) is 10.8. The van der Waals surface area contributed by atoms with Gasteiger partial charge in [-0.15, -0.1) is 11.3 Å². The number of carbonyl (C=O) groups excluding carboxylic acids is 3. The molecule has 0 spiro atoms. The highest BCUT2D eigenvalue weighted by Gasteiger charge is 2.39. The summed E-state index contributed by atoms with van der Waals surface area (Å²) in [5.74, 6) is -0.990. The summed E-state index contributed by atoms with van der Waals surface area (Å²) in [6.45, 7) is 1.88. The molecule has 0 radical (unpaired) electrons. The lowest BCUT2D eigenvalue weighted by Crippen LogP contribution is -3.00. The van der Waals surface area contributed by atoms with E-state index in [1.165, 1.54) is 23.2 Å². The van der Waals surface area contributed by atoms with Gasteiger partial charge in [-0.1, -0.05) is 12.1 Å². The number of aliphatic hydroxyl groups excluding tert-OH is 1. The molecular formula is C20H27ClN6O4S. The van der Waals surface area contributed by atoms with Crippen molar-refractivity contribution >= 4 is 45.1 Å². The number of rotatable bonds is 8. The van der Waals surface area contributed by atoms with E-state index in [9.17, 15) is 19.5 Å². The largest absolute Gasteiger partial charge is 1.00 e. The molecule has 32 heavy (non-hydrogen) atoms. The minimum absolute atomic E-state index is 0. The van der Waals surface area contributed by atoms with Crippen molar-refractivity contribution in [3.8, 4) is 0 Å². The Kier molecular flexibility index (Phi) is 8.93. The summed E-state index contributed by atoms with van der Waals surface area (Å²) >= 11 is 1.27. The van der Waals surface area contributed by atoms with Crippen molar-refractivity contribution in [2.75, 3.05) is 13.1 Å². The van der Waals surface area contributed by atoms with Crippen LogP contribution in [0.1, 0.15) is 36.0 Å². The van der Waals surface area contributed by atoms with Crippen LogP contribution in [0.15, 0.2) is 24.3 Å². The van der Waals surface area contributed by atoms with Crippen molar-refractivity contribution in [3.05, 3.63) is 29.3 Å². The average molecular weight is 483 g/mol. The van der Waals surface area contributed by atoms with Gasteiger partial charge in [-0.2, -0.15) is 0 Å². The number of thiazole rings is 1. The lowest BCUT2D eigenvalue weighted by molar-refractivity contribution is -0.459. The fourth-order valence-corrected chi connectivity index (χ4v) is 4.57. The summed E-state index contributed by atoms with van der Waals surface area (Å²) in [6, 6.07) is 5.77. The van der Waals surface area contributed by atoms with Crippen LogP contribution >= 0.6 is 11.3 Å². The second-order valence-electron chi connectivity index (χ2n) is 7.51. The van der Waals surface area contributed by atoms with Crippen molar-refractivity contribution < 1.29 is 36.9 Å². The zero-order valence-corrected chi connectivity index (χ0v) is 19.2. The molecule has 3 rings (SSSR count). The third-order valence-electron chi connectivity index (χ3n) is 5.12. The Morgan fingerprint density at radius 1 is 1.34 bits per heavy atom. The van der Waals surface area contributed by atoms with Crippen LogP contribution in [-0.4, -0.2) is 69.8 Å². The number of nitrogens with one attached hydrogen (secondary N) is 2. The topological polar surface area (TPSA) is 166 Å². The van der Waals surface area contributed by atoms with Crippen molar-refractivity contribution in [2.24, 2.45) is 11.5 Å². The smallest absolute Gasteiger partial charge is 0.338 e. The van der Waals surface area contributed by atoms with Gasteiger partial charge in [0.05, 0.1) is 28.9 Å². The number of ketones is 1. The number of Topliss-reactive ketones (excluding diaryl/α,β-unsaturated/α-hetero) is 1. The Bertz CT molecular complexity index is 976. The highest BCUT2D eigenvalue weighted by Crippen LogP contribution is 2.24. The molecule has 0 saturated carbocycles. The van der Waals surface area contributed by atoms with Crippen LogP contribution in [0.25, 0.3) is 10.2 Å². The Morgan fingerprint density at radius 3 is 2.72 bits per heavy atom. The number of hydrogen-bond acceptors (Lipinski definition) is 6. The van der Waals surface area contributed by atoms with Crippen LogP contribution < -0.4 is 34.2 Å². The number of aliphatic hydroxyl groups is 1. The summed E-state index contributed by atoms with van der Waals surface area (Å²) in [6.07, 6.45) is 0.206. The highest BCUT2D eigenvalue weighted by atomic mass is 35.5. The van der Waals surface area contributed by atoms with Crippen molar-refractivity contribution in [2.45, 2.75) is 44.4 Å². The predicted molar refractivity (Wildman–Crippen MR) is 116 cm³/mol. The fraction of sp³-hybridized carbons (Fsp3) is 0.450. The highest BCUT2D eigenvalue weighted by molar-refractivity contribution is 7.20. The van der Waals surface area contributed by atoms with Crippen LogP contribution in [0, 0.1) is 0 Å². The number of guanidine groups is 1. The first kappa shape index (κ1) is 25.5. The second-order valence-corrected chi connectivity index (χ2v) is 8.54. The number of halogens is 1. The molecule has 10 nitrogen and oxygen atoms in total. The van der Waals surface area contributed by atoms with Crippen molar-refractivity contribution in [3.63, 3.8) is 0 Å². The zero-order chi connectivity index (χ0) is 22.5. The van der Waals surface area contributed by atoms with Gasteiger partial charge in [-0.05, 0) is 25.0 Å². The van der Waals surface area contributed by atoms with E-state index in [-0.39, 0.29) is 43.0 Å². The Morgan fingerprint density at radius 2 is 2.06 bits per heavy atom. The molecule has 2 heterocycles. The van der Waals surface area contributed by atoms with E-state index >= 15 is 0 Å². The van der Waals surface area contributed by atoms with E-state index in [1.807, 2.05) is 24.3 Å².